The van der Waals surface area contributed by atoms with Crippen molar-refractivity contribution in [3.8, 4) is 5.75 Å². The summed E-state index contributed by atoms with van der Waals surface area (Å²) in [5.74, 6) is -0.103. The maximum absolute atomic E-state index is 9.70. The number of methoxy groups -OCH3 is 1. The molecule has 11 heteroatoms. The molecule has 0 radical (unpaired) electrons. The number of thiazole rings is 1. The van der Waals surface area contributed by atoms with Gasteiger partial charge in [0.2, 0.25) is 0 Å². The summed E-state index contributed by atoms with van der Waals surface area (Å²) in [7, 11) is 1.68. The van der Waals surface area contributed by atoms with Crippen molar-refractivity contribution in [3.05, 3.63) is 23.2 Å². The number of carbonyl (C=O) groups excluding carboxylic acids is 2. The number of fused-ring (bicyclic) bond motifs is 1. The highest BCUT2D eigenvalue weighted by Gasteiger charge is 2.18. The molecular weight excluding hydrogens is 434 g/mol. The van der Waals surface area contributed by atoms with E-state index < -0.39 is 16.4 Å². The molecule has 2 aromatic rings. The number of hydrogen-bond acceptors (Lipinski definition) is 6. The molecule has 8 nitrogen and oxygen atoms in total. The molecule has 1 aromatic heterocycles. The van der Waals surface area contributed by atoms with Crippen LogP contribution in [-0.4, -0.2) is 33.6 Å². The molecule has 1 heterocycles. The molecule has 2 amide bonds. The SMILES string of the molecule is CC(C)C(=O)O.COc1ccc2sc(C(C)(C)C)nc2c1.NC(=O)S.NC(=O)S. The van der Waals surface area contributed by atoms with Gasteiger partial charge in [0, 0.05) is 11.5 Å². The molecule has 0 aliphatic heterocycles. The van der Waals surface area contributed by atoms with Crippen LogP contribution in [0.4, 0.5) is 9.59 Å². The van der Waals surface area contributed by atoms with Crippen molar-refractivity contribution < 1.29 is 24.2 Å². The fraction of sp³-hybridized carbons (Fsp3) is 0.444. The van der Waals surface area contributed by atoms with E-state index in [1.807, 2.05) is 12.1 Å². The van der Waals surface area contributed by atoms with Crippen molar-refractivity contribution in [1.82, 2.24) is 4.98 Å². The number of carboxylic acids is 1. The van der Waals surface area contributed by atoms with Crippen LogP contribution in [-0.2, 0) is 10.2 Å². The first-order valence-electron chi connectivity index (χ1n) is 8.26. The van der Waals surface area contributed by atoms with Crippen molar-refractivity contribution >= 4 is 63.3 Å². The first-order chi connectivity index (χ1) is 13.1. The van der Waals surface area contributed by atoms with Crippen LogP contribution in [0.25, 0.3) is 10.2 Å². The van der Waals surface area contributed by atoms with Crippen LogP contribution in [0.3, 0.4) is 0 Å². The quantitative estimate of drug-likeness (QED) is 0.419. The average molecular weight is 464 g/mol. The lowest BCUT2D eigenvalue weighted by Gasteiger charge is -2.13. The third-order valence-electron chi connectivity index (χ3n) is 2.73. The third-order valence-corrected chi connectivity index (χ3v) is 4.19. The summed E-state index contributed by atoms with van der Waals surface area (Å²) in [5, 5.41) is 7.88. The van der Waals surface area contributed by atoms with E-state index in [4.69, 9.17) is 19.4 Å². The van der Waals surface area contributed by atoms with Crippen LogP contribution in [0.5, 0.6) is 5.75 Å². The Bertz CT molecular complexity index is 782. The predicted molar refractivity (Wildman–Crippen MR) is 124 cm³/mol. The maximum Gasteiger partial charge on any atom is 0.305 e. The number of thiol groups is 2. The number of nitrogens with zero attached hydrogens (tertiary/aromatic N) is 1. The number of nitrogens with two attached hydrogens (primary N) is 2. The van der Waals surface area contributed by atoms with Crippen LogP contribution in [0.15, 0.2) is 18.2 Å². The highest BCUT2D eigenvalue weighted by atomic mass is 32.1. The maximum atomic E-state index is 9.70. The van der Waals surface area contributed by atoms with Gasteiger partial charge in [0.1, 0.15) is 5.75 Å². The number of carboxylic acid groups (broad SMARTS) is 1. The number of benzene rings is 1. The molecule has 0 saturated carbocycles. The minimum Gasteiger partial charge on any atom is -0.497 e. The minimum absolute atomic E-state index is 0.122. The molecule has 164 valence electrons. The number of ether oxygens (including phenoxy) is 1. The second kappa shape index (κ2) is 14.1. The molecule has 0 saturated heterocycles. The smallest absolute Gasteiger partial charge is 0.305 e. The van der Waals surface area contributed by atoms with E-state index in [-0.39, 0.29) is 11.3 Å². The van der Waals surface area contributed by atoms with Gasteiger partial charge < -0.3 is 21.3 Å². The van der Waals surface area contributed by atoms with E-state index in [1.165, 1.54) is 9.71 Å². The van der Waals surface area contributed by atoms with E-state index in [2.05, 4.69) is 68.5 Å². The summed E-state index contributed by atoms with van der Waals surface area (Å²) < 4.78 is 6.40. The lowest BCUT2D eigenvalue weighted by atomic mass is 9.98. The highest BCUT2D eigenvalue weighted by molar-refractivity contribution is 7.96. The summed E-state index contributed by atoms with van der Waals surface area (Å²) in [6, 6.07) is 6.04. The van der Waals surface area contributed by atoms with E-state index >= 15 is 0 Å². The Hall–Kier alpha value is -1.98. The Morgan fingerprint density at radius 2 is 1.55 bits per heavy atom. The van der Waals surface area contributed by atoms with Gasteiger partial charge in [-0.2, -0.15) is 0 Å². The van der Waals surface area contributed by atoms with Crippen molar-refractivity contribution in [2.75, 3.05) is 7.11 Å². The molecule has 2 rings (SSSR count). The zero-order chi connectivity index (χ0) is 23.4. The van der Waals surface area contributed by atoms with Gasteiger partial charge in [-0.3, -0.25) is 14.4 Å². The van der Waals surface area contributed by atoms with Crippen LogP contribution >= 0.6 is 36.6 Å². The van der Waals surface area contributed by atoms with E-state index in [9.17, 15) is 4.79 Å². The highest BCUT2D eigenvalue weighted by Crippen LogP contribution is 2.32. The third kappa shape index (κ3) is 15.6. The standard InChI is InChI=1S/C12H15NOS.C4H8O2.2CH3NOS/c1-12(2,3)11-13-9-7-8(14-4)5-6-10(9)15-11;1-3(2)4(5)6;2*2-1(3)4/h5-7H,1-4H3;3H,1-2H3,(H,5,6);2*(H3,2,3,4). The summed E-state index contributed by atoms with van der Waals surface area (Å²) in [4.78, 5) is 32.5. The number of hydrogen-bond donors (Lipinski definition) is 5. The molecule has 0 atom stereocenters. The van der Waals surface area contributed by atoms with Gasteiger partial charge in [-0.05, 0) is 12.1 Å². The Morgan fingerprint density at radius 3 is 1.86 bits per heavy atom. The number of aliphatic carboxylic acids is 1. The topological polar surface area (TPSA) is 146 Å². The van der Waals surface area contributed by atoms with Crippen LogP contribution in [0, 0.1) is 5.92 Å². The van der Waals surface area contributed by atoms with Gasteiger partial charge in [-0.25, -0.2) is 4.98 Å². The first-order valence-corrected chi connectivity index (χ1v) is 9.97. The summed E-state index contributed by atoms with van der Waals surface area (Å²) in [6.45, 7) is 9.83. The predicted octanol–water partition coefficient (Wildman–Crippen LogP) is 4.32. The summed E-state index contributed by atoms with van der Waals surface area (Å²) >= 11 is 7.97. The number of amides is 2. The Labute approximate surface area is 185 Å². The van der Waals surface area contributed by atoms with Crippen molar-refractivity contribution in [3.63, 3.8) is 0 Å². The number of carbonyl (C=O) groups is 3. The lowest BCUT2D eigenvalue weighted by Crippen LogP contribution is -2.09. The van der Waals surface area contributed by atoms with Gasteiger partial charge in [0.05, 0.1) is 28.3 Å². The normalized spacial score (nSPS) is 9.83. The Kier molecular flexibility index (Phi) is 14.2. The summed E-state index contributed by atoms with van der Waals surface area (Å²) in [6.07, 6.45) is 0. The molecular formula is C18H29N3O5S3. The zero-order valence-corrected chi connectivity index (χ0v) is 19.9. The molecule has 5 N–H and O–H groups in total. The largest absolute Gasteiger partial charge is 0.497 e. The molecule has 0 aliphatic rings. The lowest BCUT2D eigenvalue weighted by molar-refractivity contribution is -0.140. The number of primary amides is 2. The van der Waals surface area contributed by atoms with Gasteiger partial charge in [0.25, 0.3) is 10.5 Å². The van der Waals surface area contributed by atoms with E-state index in [0.717, 1.165) is 11.3 Å². The van der Waals surface area contributed by atoms with Gasteiger partial charge in [-0.15, -0.1) is 11.3 Å². The van der Waals surface area contributed by atoms with Crippen LogP contribution in [0.1, 0.15) is 39.6 Å². The van der Waals surface area contributed by atoms with E-state index in [0.29, 0.717) is 0 Å². The zero-order valence-electron chi connectivity index (χ0n) is 17.3. The van der Waals surface area contributed by atoms with Crippen molar-refractivity contribution in [1.29, 1.82) is 0 Å². The minimum atomic E-state index is -0.741. The fourth-order valence-electron chi connectivity index (χ4n) is 1.36. The Morgan fingerprint density at radius 1 is 1.14 bits per heavy atom. The molecule has 1 aromatic carbocycles. The average Bonchev–Trinajstić information content (AvgIpc) is 2.97. The van der Waals surface area contributed by atoms with E-state index in [1.54, 1.807) is 32.3 Å². The number of rotatable bonds is 2. The van der Waals surface area contributed by atoms with Crippen molar-refractivity contribution in [2.45, 2.75) is 40.0 Å². The molecule has 0 fully saturated rings. The van der Waals surface area contributed by atoms with Gasteiger partial charge >= 0.3 is 5.97 Å². The second-order valence-corrected chi connectivity index (χ2v) is 8.68. The monoisotopic (exact) mass is 463 g/mol. The molecule has 0 aliphatic carbocycles. The van der Waals surface area contributed by atoms with Crippen LogP contribution in [0.2, 0.25) is 0 Å². The summed E-state index contributed by atoms with van der Waals surface area (Å²) in [5.41, 5.74) is 9.83. The molecule has 29 heavy (non-hydrogen) atoms. The van der Waals surface area contributed by atoms with Crippen LogP contribution < -0.4 is 16.2 Å². The number of aromatic nitrogens is 1. The molecule has 0 bridgehead atoms. The van der Waals surface area contributed by atoms with Gasteiger partial charge in [-0.1, -0.05) is 59.9 Å². The second-order valence-electron chi connectivity index (χ2n) is 6.77. The van der Waals surface area contributed by atoms with Crippen molar-refractivity contribution in [2.24, 2.45) is 17.4 Å². The fourth-order valence-corrected chi connectivity index (χ4v) is 2.36. The van der Waals surface area contributed by atoms with Gasteiger partial charge in [0.15, 0.2) is 0 Å². The Balaban J connectivity index is 0. The molecule has 0 unspecified atom stereocenters. The molecule has 0 spiro atoms. The first kappa shape index (κ1) is 29.2.